The minimum Gasteiger partial charge on any atom is -0.332 e. The second kappa shape index (κ2) is 10.9. The van der Waals surface area contributed by atoms with Crippen LogP contribution in [-0.2, 0) is 26.4 Å². The zero-order valence-corrected chi connectivity index (χ0v) is 25.5. The van der Waals surface area contributed by atoms with Crippen LogP contribution in [0.5, 0.6) is 0 Å². The third kappa shape index (κ3) is 4.96. The summed E-state index contributed by atoms with van der Waals surface area (Å²) in [7, 11) is 1.82. The smallest absolute Gasteiger partial charge is 0.261 e. The number of hydrogen-bond donors (Lipinski definition) is 0. The molecule has 0 unspecified atom stereocenters. The molecule has 0 bridgehead atoms. The molecule has 1 amide bonds. The molecular formula is C32H25BrClN7O2. The maximum absolute atomic E-state index is 14.3. The Hall–Kier alpha value is -4.54. The Kier molecular flexibility index (Phi) is 6.95. The molecule has 9 nitrogen and oxygen atoms in total. The molecule has 1 aliphatic heterocycles. The number of benzene rings is 3. The quantitative estimate of drug-likeness (QED) is 0.246. The SMILES string of the molecule is Cn1cnc(-c2ccc(-n3c(=O)c4c(n5ncc(Cc6ccccc6)c35)CN(C(=O)c3ccc(Br)c(Cl)c3)CC4)cc2)n1. The van der Waals surface area contributed by atoms with Gasteiger partial charge in [-0.25, -0.2) is 9.50 Å². The zero-order chi connectivity index (χ0) is 29.7. The van der Waals surface area contributed by atoms with Gasteiger partial charge in [-0.05, 0) is 70.4 Å². The molecule has 3 aromatic carbocycles. The standard InChI is InChI=1S/C32H25BrClN7O2/c1-38-19-35-29(37-38)21-7-10-24(11-8-21)40-30-23(15-20-5-3-2-4-6-20)17-36-41(30)28-18-39(14-13-25(28)32(40)43)31(42)22-9-12-26(33)27(34)16-22/h2-12,16-17,19H,13-15,18H2,1H3. The summed E-state index contributed by atoms with van der Waals surface area (Å²) >= 11 is 9.67. The van der Waals surface area contributed by atoms with E-state index in [4.69, 9.17) is 16.7 Å². The van der Waals surface area contributed by atoms with Gasteiger partial charge in [0.1, 0.15) is 12.0 Å². The van der Waals surface area contributed by atoms with Crippen LogP contribution >= 0.6 is 27.5 Å². The van der Waals surface area contributed by atoms with E-state index < -0.39 is 0 Å². The minimum absolute atomic E-state index is 0.111. The van der Waals surface area contributed by atoms with Gasteiger partial charge in [-0.3, -0.25) is 18.8 Å². The molecule has 0 radical (unpaired) electrons. The summed E-state index contributed by atoms with van der Waals surface area (Å²) in [6, 6.07) is 22.9. The third-order valence-corrected chi connectivity index (χ3v) is 8.97. The van der Waals surface area contributed by atoms with E-state index in [2.05, 4.69) is 38.1 Å². The molecule has 43 heavy (non-hydrogen) atoms. The highest BCUT2D eigenvalue weighted by Crippen LogP contribution is 2.28. The molecule has 0 fully saturated rings. The van der Waals surface area contributed by atoms with Gasteiger partial charge in [0.05, 0.1) is 29.1 Å². The molecule has 7 rings (SSSR count). The molecule has 1 aliphatic rings. The van der Waals surface area contributed by atoms with E-state index in [-0.39, 0.29) is 18.0 Å². The molecule has 3 aromatic heterocycles. The number of nitrogens with zero attached hydrogens (tertiary/aromatic N) is 7. The van der Waals surface area contributed by atoms with Gasteiger partial charge in [0.15, 0.2) is 5.82 Å². The first-order chi connectivity index (χ1) is 20.9. The van der Waals surface area contributed by atoms with E-state index in [1.807, 2.05) is 60.2 Å². The molecule has 0 aliphatic carbocycles. The van der Waals surface area contributed by atoms with Crippen molar-refractivity contribution in [3.8, 4) is 17.1 Å². The van der Waals surface area contributed by atoms with Gasteiger partial charge in [-0.15, -0.1) is 0 Å². The number of amides is 1. The monoisotopic (exact) mass is 653 g/mol. The maximum Gasteiger partial charge on any atom is 0.261 e. The number of fused-ring (bicyclic) bond motifs is 3. The van der Waals surface area contributed by atoms with Crippen molar-refractivity contribution in [1.82, 2.24) is 33.8 Å². The first-order valence-electron chi connectivity index (χ1n) is 13.8. The fourth-order valence-electron chi connectivity index (χ4n) is 5.61. The van der Waals surface area contributed by atoms with Crippen LogP contribution in [-0.4, -0.2) is 46.3 Å². The highest BCUT2D eigenvalue weighted by molar-refractivity contribution is 9.10. The zero-order valence-electron chi connectivity index (χ0n) is 23.1. The number of aromatic nitrogens is 6. The summed E-state index contributed by atoms with van der Waals surface area (Å²) in [6.07, 6.45) is 4.48. The number of carbonyl (C=O) groups is 1. The highest BCUT2D eigenvalue weighted by Gasteiger charge is 2.29. The second-order valence-electron chi connectivity index (χ2n) is 10.5. The van der Waals surface area contributed by atoms with Crippen LogP contribution in [0.3, 0.4) is 0 Å². The first kappa shape index (κ1) is 27.3. The minimum atomic E-state index is -0.146. The normalized spacial score (nSPS) is 13.0. The summed E-state index contributed by atoms with van der Waals surface area (Å²) in [5.74, 6) is 0.468. The van der Waals surface area contributed by atoms with E-state index >= 15 is 0 Å². The molecular weight excluding hydrogens is 630 g/mol. The van der Waals surface area contributed by atoms with Gasteiger partial charge >= 0.3 is 0 Å². The molecule has 6 aromatic rings. The molecule has 214 valence electrons. The average Bonchev–Trinajstić information content (AvgIpc) is 3.65. The van der Waals surface area contributed by atoms with Gasteiger partial charge in [0.25, 0.3) is 11.5 Å². The van der Waals surface area contributed by atoms with Crippen molar-refractivity contribution >= 4 is 39.1 Å². The Morgan fingerprint density at radius 3 is 2.56 bits per heavy atom. The van der Waals surface area contributed by atoms with Crippen molar-refractivity contribution in [2.24, 2.45) is 7.05 Å². The number of aryl methyl sites for hydroxylation is 1. The largest absolute Gasteiger partial charge is 0.332 e. The lowest BCUT2D eigenvalue weighted by molar-refractivity contribution is 0.0729. The third-order valence-electron chi connectivity index (χ3n) is 7.74. The van der Waals surface area contributed by atoms with E-state index in [1.165, 1.54) is 0 Å². The van der Waals surface area contributed by atoms with Crippen molar-refractivity contribution in [2.45, 2.75) is 19.4 Å². The van der Waals surface area contributed by atoms with Crippen molar-refractivity contribution in [1.29, 1.82) is 0 Å². The lowest BCUT2D eigenvalue weighted by Gasteiger charge is -2.30. The number of rotatable bonds is 5. The average molecular weight is 655 g/mol. The van der Waals surface area contributed by atoms with Crippen molar-refractivity contribution in [3.63, 3.8) is 0 Å². The first-order valence-corrected chi connectivity index (χ1v) is 14.9. The summed E-state index contributed by atoms with van der Waals surface area (Å²) < 4.78 is 5.95. The Morgan fingerprint density at radius 1 is 1.05 bits per heavy atom. The van der Waals surface area contributed by atoms with Gasteiger partial charge in [-0.2, -0.15) is 10.2 Å². The van der Waals surface area contributed by atoms with Gasteiger partial charge in [0, 0.05) is 46.7 Å². The van der Waals surface area contributed by atoms with Crippen molar-refractivity contribution < 1.29 is 4.79 Å². The Bertz CT molecular complexity index is 2070. The number of carbonyl (C=O) groups excluding carboxylic acids is 1. The predicted molar refractivity (Wildman–Crippen MR) is 168 cm³/mol. The maximum atomic E-state index is 14.3. The lowest BCUT2D eigenvalue weighted by Crippen LogP contribution is -2.41. The molecule has 11 heteroatoms. The van der Waals surface area contributed by atoms with Crippen LogP contribution in [0.15, 0.2) is 94.6 Å². The molecule has 4 heterocycles. The Morgan fingerprint density at radius 2 is 1.84 bits per heavy atom. The van der Waals surface area contributed by atoms with Crippen LogP contribution < -0.4 is 5.56 Å². The van der Waals surface area contributed by atoms with Crippen LogP contribution in [0.2, 0.25) is 5.02 Å². The number of hydrogen-bond acceptors (Lipinski definition) is 5. The molecule has 0 saturated carbocycles. The predicted octanol–water partition coefficient (Wildman–Crippen LogP) is 5.49. The fourth-order valence-corrected chi connectivity index (χ4v) is 6.04. The molecule has 0 spiro atoms. The van der Waals surface area contributed by atoms with Gasteiger partial charge < -0.3 is 4.90 Å². The molecule has 0 N–H and O–H groups in total. The Balaban J connectivity index is 1.35. The Labute approximate surface area is 260 Å². The van der Waals surface area contributed by atoms with Crippen LogP contribution in [0, 0.1) is 0 Å². The van der Waals surface area contributed by atoms with Gasteiger partial charge in [-0.1, -0.05) is 41.9 Å². The second-order valence-corrected chi connectivity index (χ2v) is 11.8. The van der Waals surface area contributed by atoms with E-state index in [1.54, 1.807) is 38.7 Å². The van der Waals surface area contributed by atoms with E-state index in [0.717, 1.165) is 26.9 Å². The summed E-state index contributed by atoms with van der Waals surface area (Å²) in [5, 5.41) is 9.65. The van der Waals surface area contributed by atoms with Crippen LogP contribution in [0.4, 0.5) is 0 Å². The van der Waals surface area contributed by atoms with Gasteiger partial charge in [0.2, 0.25) is 0 Å². The molecule has 0 atom stereocenters. The summed E-state index contributed by atoms with van der Waals surface area (Å²) in [4.78, 5) is 33.9. The topological polar surface area (TPSA) is 90.3 Å². The van der Waals surface area contributed by atoms with Crippen molar-refractivity contribution in [3.05, 3.63) is 133 Å². The summed E-state index contributed by atoms with van der Waals surface area (Å²) in [5.41, 5.74) is 6.01. The fraction of sp³-hybridized carbons (Fsp3) is 0.156. The molecule has 0 saturated heterocycles. The lowest BCUT2D eigenvalue weighted by atomic mass is 10.0. The number of halogens is 2. The van der Waals surface area contributed by atoms with Crippen LogP contribution in [0.25, 0.3) is 22.7 Å². The van der Waals surface area contributed by atoms with E-state index in [0.29, 0.717) is 52.7 Å². The van der Waals surface area contributed by atoms with Crippen LogP contribution in [0.1, 0.15) is 32.7 Å². The van der Waals surface area contributed by atoms with E-state index in [9.17, 15) is 9.59 Å². The van der Waals surface area contributed by atoms with Crippen molar-refractivity contribution in [2.75, 3.05) is 6.54 Å². The highest BCUT2D eigenvalue weighted by atomic mass is 79.9. The summed E-state index contributed by atoms with van der Waals surface area (Å²) in [6.45, 7) is 0.661.